The number of nitrogens with zero attached hydrogens (tertiary/aromatic N) is 1. The van der Waals surface area contributed by atoms with Gasteiger partial charge in [0.25, 0.3) is 0 Å². The topological polar surface area (TPSA) is 57.6 Å². The van der Waals surface area contributed by atoms with Crippen LogP contribution in [0.5, 0.6) is 0 Å². The highest BCUT2D eigenvalue weighted by molar-refractivity contribution is 5.91. The number of hydrogen-bond acceptors (Lipinski definition) is 2. The van der Waals surface area contributed by atoms with Gasteiger partial charge >= 0.3 is 5.97 Å². The summed E-state index contributed by atoms with van der Waals surface area (Å²) in [6, 6.07) is 0.179. The Morgan fingerprint density at radius 1 is 1.35 bits per heavy atom. The third-order valence-corrected chi connectivity index (χ3v) is 4.07. The molecule has 4 nitrogen and oxygen atoms in total. The fourth-order valence-electron chi connectivity index (χ4n) is 2.61. The normalized spacial score (nSPS) is 27.4. The van der Waals surface area contributed by atoms with Gasteiger partial charge in [0.2, 0.25) is 5.91 Å². The molecule has 0 bridgehead atoms. The van der Waals surface area contributed by atoms with Gasteiger partial charge in [0.1, 0.15) is 0 Å². The van der Waals surface area contributed by atoms with Crippen molar-refractivity contribution in [2.24, 2.45) is 17.3 Å². The van der Waals surface area contributed by atoms with E-state index in [-0.39, 0.29) is 17.9 Å². The Balaban J connectivity index is 2.69. The van der Waals surface area contributed by atoms with Crippen LogP contribution in [0.4, 0.5) is 0 Å². The number of carbonyl (C=O) groups excluding carboxylic acids is 1. The first kappa shape index (κ1) is 14.0. The van der Waals surface area contributed by atoms with Gasteiger partial charge in [-0.1, -0.05) is 27.2 Å². The molecular formula is C13H23NO3. The summed E-state index contributed by atoms with van der Waals surface area (Å²) in [4.78, 5) is 25.0. The monoisotopic (exact) mass is 241 g/mol. The quantitative estimate of drug-likeness (QED) is 0.800. The predicted octanol–water partition coefficient (Wildman–Crippen LogP) is 1.99. The Morgan fingerprint density at radius 2 is 1.88 bits per heavy atom. The fraction of sp³-hybridized carbons (Fsp3) is 0.846. The second kappa shape index (κ2) is 4.67. The van der Waals surface area contributed by atoms with Crippen molar-refractivity contribution in [2.75, 3.05) is 7.05 Å². The van der Waals surface area contributed by atoms with Crippen molar-refractivity contribution in [3.05, 3.63) is 0 Å². The van der Waals surface area contributed by atoms with Crippen LogP contribution in [0.15, 0.2) is 0 Å². The maximum atomic E-state index is 12.2. The summed E-state index contributed by atoms with van der Waals surface area (Å²) in [6.07, 6.45) is 1.97. The molecule has 0 spiro atoms. The van der Waals surface area contributed by atoms with Gasteiger partial charge in [-0.3, -0.25) is 9.59 Å². The Kier molecular flexibility index (Phi) is 3.84. The number of hydrogen-bond donors (Lipinski definition) is 1. The second-order valence-corrected chi connectivity index (χ2v) is 5.70. The van der Waals surface area contributed by atoms with Crippen LogP contribution >= 0.6 is 0 Å². The lowest BCUT2D eigenvalue weighted by molar-refractivity contribution is -0.142. The van der Waals surface area contributed by atoms with E-state index in [1.165, 1.54) is 0 Å². The Labute approximate surface area is 103 Å². The number of amides is 1. The van der Waals surface area contributed by atoms with Crippen molar-refractivity contribution in [3.63, 3.8) is 0 Å². The molecule has 0 heterocycles. The third kappa shape index (κ3) is 2.45. The van der Waals surface area contributed by atoms with Gasteiger partial charge in [-0.2, -0.15) is 0 Å². The van der Waals surface area contributed by atoms with Gasteiger partial charge in [-0.15, -0.1) is 0 Å². The van der Waals surface area contributed by atoms with Crippen molar-refractivity contribution in [1.29, 1.82) is 0 Å². The van der Waals surface area contributed by atoms with Crippen LogP contribution in [-0.4, -0.2) is 35.0 Å². The number of carboxylic acids is 1. The van der Waals surface area contributed by atoms with Crippen LogP contribution in [0, 0.1) is 17.3 Å². The zero-order valence-corrected chi connectivity index (χ0v) is 11.4. The first-order chi connectivity index (χ1) is 7.75. The molecule has 0 aromatic heterocycles. The molecule has 1 amide bonds. The Bertz CT molecular complexity index is 325. The zero-order valence-electron chi connectivity index (χ0n) is 11.4. The largest absolute Gasteiger partial charge is 0.481 e. The van der Waals surface area contributed by atoms with Crippen LogP contribution in [-0.2, 0) is 9.59 Å². The van der Waals surface area contributed by atoms with Crippen molar-refractivity contribution in [2.45, 2.75) is 46.6 Å². The number of carbonyl (C=O) groups is 2. The van der Waals surface area contributed by atoms with E-state index in [2.05, 4.69) is 6.92 Å². The fourth-order valence-corrected chi connectivity index (χ4v) is 2.61. The molecule has 0 aromatic rings. The lowest BCUT2D eigenvalue weighted by Gasteiger charge is -2.25. The molecule has 0 aliphatic heterocycles. The van der Waals surface area contributed by atoms with Crippen LogP contribution < -0.4 is 0 Å². The molecule has 1 N–H and O–H groups in total. The summed E-state index contributed by atoms with van der Waals surface area (Å²) in [5.74, 6) is -1.76. The van der Waals surface area contributed by atoms with Gasteiger partial charge in [0, 0.05) is 13.1 Å². The van der Waals surface area contributed by atoms with Crippen LogP contribution in [0.2, 0.25) is 0 Å². The second-order valence-electron chi connectivity index (χ2n) is 5.70. The summed E-state index contributed by atoms with van der Waals surface area (Å²) in [5, 5.41) is 9.06. The summed E-state index contributed by atoms with van der Waals surface area (Å²) in [7, 11) is 1.77. The molecule has 4 heteroatoms. The lowest BCUT2D eigenvalue weighted by atomic mass is 10.1. The lowest BCUT2D eigenvalue weighted by Crippen LogP contribution is -2.37. The molecule has 0 aromatic carbocycles. The molecule has 1 aliphatic rings. The van der Waals surface area contributed by atoms with E-state index in [0.29, 0.717) is 0 Å². The van der Waals surface area contributed by atoms with E-state index in [9.17, 15) is 9.59 Å². The SMILES string of the molecule is CCCC(C)N(C)C(=O)C1C(C(=O)O)C1(C)C. The summed E-state index contributed by atoms with van der Waals surface area (Å²) < 4.78 is 0. The molecule has 1 rings (SSSR count). The minimum Gasteiger partial charge on any atom is -0.481 e. The standard InChI is InChI=1S/C13H23NO3/c1-6-7-8(2)14(5)11(15)9-10(12(16)17)13(9,3)4/h8-10H,6-7H2,1-5H3,(H,16,17). The molecule has 1 saturated carbocycles. The molecular weight excluding hydrogens is 218 g/mol. The van der Waals surface area contributed by atoms with Gasteiger partial charge in [-0.25, -0.2) is 0 Å². The summed E-state index contributed by atoms with van der Waals surface area (Å²) >= 11 is 0. The van der Waals surface area contributed by atoms with E-state index in [1.807, 2.05) is 20.8 Å². The maximum absolute atomic E-state index is 12.2. The highest BCUT2D eigenvalue weighted by atomic mass is 16.4. The molecule has 3 atom stereocenters. The average Bonchev–Trinajstić information content (AvgIpc) is 2.80. The Morgan fingerprint density at radius 3 is 2.24 bits per heavy atom. The molecule has 1 aliphatic carbocycles. The van der Waals surface area contributed by atoms with E-state index in [1.54, 1.807) is 11.9 Å². The highest BCUT2D eigenvalue weighted by Crippen LogP contribution is 2.59. The van der Waals surface area contributed by atoms with Crippen molar-refractivity contribution in [3.8, 4) is 0 Å². The van der Waals surface area contributed by atoms with E-state index < -0.39 is 17.3 Å². The van der Waals surface area contributed by atoms with Crippen molar-refractivity contribution in [1.82, 2.24) is 4.90 Å². The molecule has 17 heavy (non-hydrogen) atoms. The maximum Gasteiger partial charge on any atom is 0.307 e. The average molecular weight is 241 g/mol. The number of rotatable bonds is 5. The van der Waals surface area contributed by atoms with E-state index >= 15 is 0 Å². The van der Waals surface area contributed by atoms with E-state index in [0.717, 1.165) is 12.8 Å². The molecule has 98 valence electrons. The van der Waals surface area contributed by atoms with Crippen LogP contribution in [0.25, 0.3) is 0 Å². The number of aliphatic carboxylic acids is 1. The Hall–Kier alpha value is -1.06. The minimum absolute atomic E-state index is 0.0247. The first-order valence-corrected chi connectivity index (χ1v) is 6.24. The van der Waals surface area contributed by atoms with Gasteiger partial charge < -0.3 is 10.0 Å². The van der Waals surface area contributed by atoms with Gasteiger partial charge in [0.15, 0.2) is 0 Å². The number of carboxylic acid groups (broad SMARTS) is 1. The van der Waals surface area contributed by atoms with E-state index in [4.69, 9.17) is 5.11 Å². The summed E-state index contributed by atoms with van der Waals surface area (Å²) in [6.45, 7) is 7.79. The van der Waals surface area contributed by atoms with Gasteiger partial charge in [0.05, 0.1) is 11.8 Å². The highest BCUT2D eigenvalue weighted by Gasteiger charge is 2.66. The van der Waals surface area contributed by atoms with Crippen LogP contribution in [0.1, 0.15) is 40.5 Å². The van der Waals surface area contributed by atoms with Crippen molar-refractivity contribution >= 4 is 11.9 Å². The van der Waals surface area contributed by atoms with Crippen LogP contribution in [0.3, 0.4) is 0 Å². The smallest absolute Gasteiger partial charge is 0.307 e. The third-order valence-electron chi connectivity index (χ3n) is 4.07. The minimum atomic E-state index is -0.857. The molecule has 1 fully saturated rings. The first-order valence-electron chi connectivity index (χ1n) is 6.24. The zero-order chi connectivity index (χ0) is 13.4. The molecule has 0 radical (unpaired) electrons. The predicted molar refractivity (Wildman–Crippen MR) is 65.5 cm³/mol. The summed E-state index contributed by atoms with van der Waals surface area (Å²) in [5.41, 5.74) is -0.400. The molecule has 3 unspecified atom stereocenters. The molecule has 0 saturated heterocycles. The van der Waals surface area contributed by atoms with Crippen molar-refractivity contribution < 1.29 is 14.7 Å². The van der Waals surface area contributed by atoms with Gasteiger partial charge in [-0.05, 0) is 18.8 Å².